The summed E-state index contributed by atoms with van der Waals surface area (Å²) in [6, 6.07) is 2.20. The lowest BCUT2D eigenvalue weighted by Crippen LogP contribution is -2.21. The van der Waals surface area contributed by atoms with Crippen LogP contribution in [-0.2, 0) is 0 Å². The molecule has 0 amide bonds. The van der Waals surface area contributed by atoms with Gasteiger partial charge in [0, 0.05) is 10.7 Å². The van der Waals surface area contributed by atoms with Gasteiger partial charge in [-0.2, -0.15) is 5.26 Å². The number of hydrogen-bond donors (Lipinski definition) is 0. The molecule has 0 N–H and O–H groups in total. The predicted octanol–water partition coefficient (Wildman–Crippen LogP) is 1.68. The van der Waals surface area contributed by atoms with Crippen LogP contribution in [-0.4, -0.2) is 4.83 Å². The van der Waals surface area contributed by atoms with E-state index in [0.717, 1.165) is 12.8 Å². The summed E-state index contributed by atoms with van der Waals surface area (Å²) in [5.74, 6) is 0.351. The largest absolute Gasteiger partial charge is 0.198 e. The first-order valence-electron chi connectivity index (χ1n) is 2.36. The minimum Gasteiger partial charge on any atom is -0.198 e. The van der Waals surface area contributed by atoms with Crippen molar-refractivity contribution in [1.29, 1.82) is 5.26 Å². The average molecular weight is 160 g/mol. The molecule has 38 valence electrons. The molecule has 0 bridgehead atoms. The van der Waals surface area contributed by atoms with E-state index in [0.29, 0.717) is 10.7 Å². The van der Waals surface area contributed by atoms with E-state index in [-0.39, 0.29) is 0 Å². The quantitative estimate of drug-likeness (QED) is 0.494. The normalized spacial score (nSPS) is 38.9. The lowest BCUT2D eigenvalue weighted by atomic mass is 9.87. The zero-order valence-corrected chi connectivity index (χ0v) is 5.48. The molecule has 1 nitrogen and oxygen atoms in total. The Morgan fingerprint density at radius 3 is 2.29 bits per heavy atom. The molecule has 0 heterocycles. The fourth-order valence-corrected chi connectivity index (χ4v) is 1.56. The minimum atomic E-state index is 0.351. The van der Waals surface area contributed by atoms with E-state index in [9.17, 15) is 0 Å². The first kappa shape index (κ1) is 5.11. The summed E-state index contributed by atoms with van der Waals surface area (Å²) in [6.07, 6.45) is 2.10. The Bertz CT molecular complexity index is 99.1. The van der Waals surface area contributed by atoms with Gasteiger partial charge in [0.15, 0.2) is 0 Å². The second-order valence-corrected chi connectivity index (χ2v) is 3.19. The van der Waals surface area contributed by atoms with Crippen LogP contribution in [0, 0.1) is 17.2 Å². The molecule has 2 heteroatoms. The molecular weight excluding hydrogens is 154 g/mol. The van der Waals surface area contributed by atoms with Crippen molar-refractivity contribution >= 4 is 15.9 Å². The highest BCUT2D eigenvalue weighted by Crippen LogP contribution is 2.32. The zero-order chi connectivity index (χ0) is 5.28. The molecule has 7 heavy (non-hydrogen) atoms. The van der Waals surface area contributed by atoms with Crippen molar-refractivity contribution in [2.24, 2.45) is 5.92 Å². The van der Waals surface area contributed by atoms with Crippen LogP contribution in [0.15, 0.2) is 0 Å². The monoisotopic (exact) mass is 159 g/mol. The van der Waals surface area contributed by atoms with Crippen LogP contribution in [0.2, 0.25) is 0 Å². The Morgan fingerprint density at radius 2 is 2.14 bits per heavy atom. The molecular formula is C5H6BrN. The predicted molar refractivity (Wildman–Crippen MR) is 31.1 cm³/mol. The summed E-state index contributed by atoms with van der Waals surface area (Å²) in [4.78, 5) is 0.636. The number of alkyl halides is 1. The van der Waals surface area contributed by atoms with Gasteiger partial charge in [-0.25, -0.2) is 0 Å². The smallest absolute Gasteiger partial charge is 0.0656 e. The van der Waals surface area contributed by atoms with Gasteiger partial charge in [-0.3, -0.25) is 0 Å². The number of hydrogen-bond acceptors (Lipinski definition) is 1. The third-order valence-corrected chi connectivity index (χ3v) is 2.01. The van der Waals surface area contributed by atoms with Crippen molar-refractivity contribution in [3.63, 3.8) is 0 Å². The van der Waals surface area contributed by atoms with E-state index in [4.69, 9.17) is 5.26 Å². The molecule has 0 spiro atoms. The Morgan fingerprint density at radius 1 is 1.57 bits per heavy atom. The number of rotatable bonds is 0. The molecule has 1 fully saturated rings. The number of nitrogens with zero attached hydrogens (tertiary/aromatic N) is 1. The van der Waals surface area contributed by atoms with Crippen LogP contribution >= 0.6 is 15.9 Å². The average Bonchev–Trinajstić information content (AvgIpc) is 1.58. The van der Waals surface area contributed by atoms with Crippen LogP contribution in [0.5, 0.6) is 0 Å². The Kier molecular flexibility index (Phi) is 1.34. The topological polar surface area (TPSA) is 23.8 Å². The highest BCUT2D eigenvalue weighted by Gasteiger charge is 2.25. The molecule has 0 aromatic rings. The van der Waals surface area contributed by atoms with Gasteiger partial charge in [0.1, 0.15) is 0 Å². The van der Waals surface area contributed by atoms with Gasteiger partial charge in [0.25, 0.3) is 0 Å². The van der Waals surface area contributed by atoms with Gasteiger partial charge in [-0.05, 0) is 12.8 Å². The third kappa shape index (κ3) is 0.947. The SMILES string of the molecule is N#CC1CC(Br)C1. The fraction of sp³-hybridized carbons (Fsp3) is 0.800. The van der Waals surface area contributed by atoms with Crippen LogP contribution < -0.4 is 0 Å². The number of halogens is 1. The third-order valence-electron chi connectivity index (χ3n) is 1.26. The molecule has 0 aromatic carbocycles. The summed E-state index contributed by atoms with van der Waals surface area (Å²) in [5, 5.41) is 8.23. The standard InChI is InChI=1S/C5H6BrN/c6-5-1-4(2-5)3-7/h4-5H,1-2H2. The fourth-order valence-electron chi connectivity index (χ4n) is 0.654. The summed E-state index contributed by atoms with van der Waals surface area (Å²) in [5.41, 5.74) is 0. The molecule has 1 saturated carbocycles. The molecule has 0 unspecified atom stereocenters. The van der Waals surface area contributed by atoms with Gasteiger partial charge >= 0.3 is 0 Å². The molecule has 0 atom stereocenters. The van der Waals surface area contributed by atoms with Crippen molar-refractivity contribution in [2.45, 2.75) is 17.7 Å². The second-order valence-electron chi connectivity index (χ2n) is 1.89. The first-order valence-corrected chi connectivity index (χ1v) is 3.28. The van der Waals surface area contributed by atoms with Crippen LogP contribution in [0.4, 0.5) is 0 Å². The molecule has 1 aliphatic carbocycles. The molecule has 0 saturated heterocycles. The van der Waals surface area contributed by atoms with Crippen molar-refractivity contribution in [3.8, 4) is 6.07 Å². The van der Waals surface area contributed by atoms with E-state index in [1.165, 1.54) is 0 Å². The van der Waals surface area contributed by atoms with E-state index < -0.39 is 0 Å². The summed E-state index contributed by atoms with van der Waals surface area (Å²) < 4.78 is 0. The highest BCUT2D eigenvalue weighted by atomic mass is 79.9. The Labute approximate surface area is 51.5 Å². The maximum Gasteiger partial charge on any atom is 0.0656 e. The summed E-state index contributed by atoms with van der Waals surface area (Å²) >= 11 is 3.39. The summed E-state index contributed by atoms with van der Waals surface area (Å²) in [6.45, 7) is 0. The Hall–Kier alpha value is -0.0300. The van der Waals surface area contributed by atoms with Gasteiger partial charge in [-0.15, -0.1) is 0 Å². The first-order chi connectivity index (χ1) is 3.33. The van der Waals surface area contributed by atoms with Gasteiger partial charge in [0.2, 0.25) is 0 Å². The van der Waals surface area contributed by atoms with E-state index in [1.54, 1.807) is 0 Å². The maximum atomic E-state index is 8.23. The van der Waals surface area contributed by atoms with E-state index in [1.807, 2.05) is 0 Å². The summed E-state index contributed by atoms with van der Waals surface area (Å²) in [7, 11) is 0. The van der Waals surface area contributed by atoms with Gasteiger partial charge in [0.05, 0.1) is 6.07 Å². The van der Waals surface area contributed by atoms with E-state index in [2.05, 4.69) is 22.0 Å². The van der Waals surface area contributed by atoms with Gasteiger partial charge < -0.3 is 0 Å². The lowest BCUT2D eigenvalue weighted by Gasteiger charge is -2.24. The zero-order valence-electron chi connectivity index (χ0n) is 3.89. The van der Waals surface area contributed by atoms with Crippen molar-refractivity contribution in [3.05, 3.63) is 0 Å². The van der Waals surface area contributed by atoms with E-state index >= 15 is 0 Å². The van der Waals surface area contributed by atoms with Crippen molar-refractivity contribution < 1.29 is 0 Å². The molecule has 1 rings (SSSR count). The second kappa shape index (κ2) is 1.83. The van der Waals surface area contributed by atoms with Crippen molar-refractivity contribution in [2.75, 3.05) is 0 Å². The molecule has 1 aliphatic rings. The van der Waals surface area contributed by atoms with Crippen LogP contribution in [0.3, 0.4) is 0 Å². The van der Waals surface area contributed by atoms with Crippen molar-refractivity contribution in [1.82, 2.24) is 0 Å². The molecule has 0 aliphatic heterocycles. The van der Waals surface area contributed by atoms with Crippen LogP contribution in [0.1, 0.15) is 12.8 Å². The molecule has 0 aromatic heterocycles. The highest BCUT2D eigenvalue weighted by molar-refractivity contribution is 9.09. The number of nitriles is 1. The lowest BCUT2D eigenvalue weighted by molar-refractivity contribution is 0.419. The van der Waals surface area contributed by atoms with Gasteiger partial charge in [-0.1, -0.05) is 15.9 Å². The Balaban J connectivity index is 2.21. The molecule has 0 radical (unpaired) electrons. The maximum absolute atomic E-state index is 8.23. The minimum absolute atomic E-state index is 0.351. The van der Waals surface area contributed by atoms with Crippen LogP contribution in [0.25, 0.3) is 0 Å².